The van der Waals surface area contributed by atoms with Gasteiger partial charge in [0.1, 0.15) is 12.4 Å². The molecule has 4 nitrogen and oxygen atoms in total. The molecule has 1 unspecified atom stereocenters. The molecule has 1 N–H and O–H groups in total. The molecule has 2 rings (SSSR count). The van der Waals surface area contributed by atoms with Gasteiger partial charge in [-0.25, -0.2) is 9.13 Å². The minimum absolute atomic E-state index is 0. The average Bonchev–Trinajstić information content (AvgIpc) is 2.70. The van der Waals surface area contributed by atoms with Crippen molar-refractivity contribution in [2.75, 3.05) is 5.32 Å². The summed E-state index contributed by atoms with van der Waals surface area (Å²) in [4.78, 5) is 11.2. The van der Waals surface area contributed by atoms with Crippen LogP contribution in [0.4, 0.5) is 5.69 Å². The van der Waals surface area contributed by atoms with Crippen LogP contribution in [0.1, 0.15) is 12.0 Å². The minimum atomic E-state index is -0.396. The van der Waals surface area contributed by atoms with E-state index < -0.39 is 6.17 Å². The summed E-state index contributed by atoms with van der Waals surface area (Å²) < 4.78 is 4.88. The molecule has 0 aliphatic rings. The van der Waals surface area contributed by atoms with Crippen molar-refractivity contribution >= 4 is 27.9 Å². The highest BCUT2D eigenvalue weighted by Gasteiger charge is 2.19. The summed E-state index contributed by atoms with van der Waals surface area (Å²) in [5, 5.41) is 3.19. The number of hydrogen-bond acceptors (Lipinski definition) is 2. The van der Waals surface area contributed by atoms with Crippen LogP contribution in [0.3, 0.4) is 0 Å². The van der Waals surface area contributed by atoms with Crippen molar-refractivity contribution in [2.24, 2.45) is 7.05 Å². The van der Waals surface area contributed by atoms with E-state index in [1.54, 1.807) is 0 Å². The van der Waals surface area contributed by atoms with Gasteiger partial charge in [-0.3, -0.25) is 4.79 Å². The van der Waals surface area contributed by atoms with Crippen LogP contribution >= 0.6 is 15.9 Å². The van der Waals surface area contributed by atoms with E-state index in [1.807, 2.05) is 59.8 Å². The van der Waals surface area contributed by atoms with E-state index >= 15 is 0 Å². The Morgan fingerprint density at radius 2 is 2.00 bits per heavy atom. The first-order valence-electron chi connectivity index (χ1n) is 5.62. The van der Waals surface area contributed by atoms with E-state index in [9.17, 15) is 4.79 Å². The summed E-state index contributed by atoms with van der Waals surface area (Å²) in [6.45, 7) is 1.97. The monoisotopic (exact) mass is 343 g/mol. The summed E-state index contributed by atoms with van der Waals surface area (Å²) in [7, 11) is 1.95. The number of nitrogens with one attached hydrogen (secondary N) is 1. The number of carbonyl (C=O) groups excluding carboxylic acids is 1. The summed E-state index contributed by atoms with van der Waals surface area (Å²) in [5.74, 6) is 1.01. The number of nitrogens with zero attached hydrogens (tertiary/aromatic N) is 2. The topological polar surface area (TPSA) is 37.9 Å². The Hall–Kier alpha value is -1.33. The van der Waals surface area contributed by atoms with Gasteiger partial charge in [-0.1, -0.05) is 15.9 Å². The third kappa shape index (κ3) is 3.58. The highest BCUT2D eigenvalue weighted by Crippen LogP contribution is 2.17. The van der Waals surface area contributed by atoms with Gasteiger partial charge >= 0.3 is 0 Å². The van der Waals surface area contributed by atoms with Crippen molar-refractivity contribution in [2.45, 2.75) is 13.1 Å². The van der Waals surface area contributed by atoms with Crippen LogP contribution in [-0.4, -0.2) is 10.9 Å². The van der Waals surface area contributed by atoms with Gasteiger partial charge in [0.05, 0.1) is 7.05 Å². The maximum absolute atomic E-state index is 11.2. The molecule has 0 aliphatic heterocycles. The highest BCUT2D eigenvalue weighted by atomic mass is 79.9. The van der Waals surface area contributed by atoms with Gasteiger partial charge in [0, 0.05) is 17.1 Å². The lowest BCUT2D eigenvalue weighted by atomic mass is 10.3. The average molecular weight is 345 g/mol. The van der Waals surface area contributed by atoms with E-state index in [0.29, 0.717) is 0 Å². The first-order chi connectivity index (χ1) is 8.61. The van der Waals surface area contributed by atoms with Crippen molar-refractivity contribution < 1.29 is 21.8 Å². The number of aromatic nitrogens is 2. The van der Waals surface area contributed by atoms with E-state index in [1.165, 1.54) is 0 Å². The zero-order valence-corrected chi connectivity index (χ0v) is 13.0. The predicted molar refractivity (Wildman–Crippen MR) is 73.2 cm³/mol. The highest BCUT2D eigenvalue weighted by molar-refractivity contribution is 9.10. The predicted octanol–water partition coefficient (Wildman–Crippen LogP) is -0.803. The number of imidazole rings is 1. The lowest BCUT2D eigenvalue weighted by Gasteiger charge is -2.12. The Balaban J connectivity index is 0.00000180. The molecular formula is C13H15BrClN3O. The number of halogens is 2. The fourth-order valence-electron chi connectivity index (χ4n) is 1.75. The summed E-state index contributed by atoms with van der Waals surface area (Å²) in [5.41, 5.74) is 0.908. The zero-order valence-electron chi connectivity index (χ0n) is 10.7. The van der Waals surface area contributed by atoms with Crippen molar-refractivity contribution in [1.82, 2.24) is 4.57 Å². The number of hydrogen-bond donors (Lipinski definition) is 1. The molecule has 1 atom stereocenters. The van der Waals surface area contributed by atoms with E-state index in [-0.39, 0.29) is 12.4 Å². The number of aryl methyl sites for hydroxylation is 1. The molecular weight excluding hydrogens is 330 g/mol. The number of rotatable bonds is 4. The van der Waals surface area contributed by atoms with Crippen LogP contribution in [0.5, 0.6) is 0 Å². The molecule has 2 aromatic rings. The van der Waals surface area contributed by atoms with Crippen LogP contribution in [0.15, 0.2) is 41.1 Å². The van der Waals surface area contributed by atoms with Gasteiger partial charge in [-0.15, -0.1) is 0 Å². The third-order valence-electron chi connectivity index (χ3n) is 2.92. The Labute approximate surface area is 127 Å². The molecule has 0 aliphatic carbocycles. The SMILES string of the molecule is Cc1n(C(C=O)Nc2ccc(Br)cc2)cc[n+]1C.[Cl-]. The maximum Gasteiger partial charge on any atom is 0.255 e. The normalized spacial score (nSPS) is 11.5. The van der Waals surface area contributed by atoms with Crippen LogP contribution in [0.2, 0.25) is 0 Å². The first-order valence-corrected chi connectivity index (χ1v) is 6.41. The molecule has 6 heteroatoms. The Morgan fingerprint density at radius 3 is 2.47 bits per heavy atom. The van der Waals surface area contributed by atoms with Crippen LogP contribution in [0, 0.1) is 6.92 Å². The fraction of sp³-hybridized carbons (Fsp3) is 0.231. The Bertz CT molecular complexity index is 554. The molecule has 0 saturated heterocycles. The molecule has 0 saturated carbocycles. The minimum Gasteiger partial charge on any atom is -1.00 e. The fourth-order valence-corrected chi connectivity index (χ4v) is 2.01. The lowest BCUT2D eigenvalue weighted by Crippen LogP contribution is -3.00. The largest absolute Gasteiger partial charge is 1.00 e. The number of carbonyl (C=O) groups is 1. The molecule has 0 radical (unpaired) electrons. The number of benzene rings is 1. The van der Waals surface area contributed by atoms with Gasteiger partial charge in [0.2, 0.25) is 6.17 Å². The molecule has 102 valence electrons. The van der Waals surface area contributed by atoms with Crippen molar-refractivity contribution in [3.63, 3.8) is 0 Å². The second kappa shape index (κ2) is 6.73. The smallest absolute Gasteiger partial charge is 0.255 e. The molecule has 1 aromatic carbocycles. The van der Waals surface area contributed by atoms with Crippen molar-refractivity contribution in [3.05, 3.63) is 47.0 Å². The maximum atomic E-state index is 11.2. The molecule has 1 heterocycles. The molecule has 19 heavy (non-hydrogen) atoms. The van der Waals surface area contributed by atoms with E-state index in [4.69, 9.17) is 0 Å². The van der Waals surface area contributed by atoms with Gasteiger partial charge in [-0.05, 0) is 24.3 Å². The summed E-state index contributed by atoms with van der Waals surface area (Å²) in [6.07, 6.45) is 4.32. The Morgan fingerprint density at radius 1 is 1.37 bits per heavy atom. The van der Waals surface area contributed by atoms with Crippen LogP contribution in [0.25, 0.3) is 0 Å². The number of anilines is 1. The number of aldehydes is 1. The lowest BCUT2D eigenvalue weighted by molar-refractivity contribution is -0.677. The molecule has 0 spiro atoms. The quantitative estimate of drug-likeness (QED) is 0.582. The van der Waals surface area contributed by atoms with Gasteiger partial charge < -0.3 is 17.7 Å². The summed E-state index contributed by atoms with van der Waals surface area (Å²) in [6, 6.07) is 7.73. The zero-order chi connectivity index (χ0) is 13.1. The molecule has 0 amide bonds. The third-order valence-corrected chi connectivity index (χ3v) is 3.45. The van der Waals surface area contributed by atoms with Gasteiger partial charge in [0.15, 0.2) is 6.29 Å². The van der Waals surface area contributed by atoms with Gasteiger partial charge in [0.25, 0.3) is 5.82 Å². The Kier molecular flexibility index (Phi) is 5.57. The van der Waals surface area contributed by atoms with Crippen LogP contribution < -0.4 is 22.3 Å². The second-order valence-electron chi connectivity index (χ2n) is 4.10. The van der Waals surface area contributed by atoms with E-state index in [2.05, 4.69) is 21.2 Å². The van der Waals surface area contributed by atoms with Crippen molar-refractivity contribution in [1.29, 1.82) is 0 Å². The molecule has 0 bridgehead atoms. The second-order valence-corrected chi connectivity index (χ2v) is 5.01. The van der Waals surface area contributed by atoms with Crippen molar-refractivity contribution in [3.8, 4) is 0 Å². The molecule has 1 aromatic heterocycles. The van der Waals surface area contributed by atoms with Crippen LogP contribution in [-0.2, 0) is 11.8 Å². The van der Waals surface area contributed by atoms with E-state index in [0.717, 1.165) is 22.3 Å². The standard InChI is InChI=1S/C13H15BrN3O.ClH/c1-10-16(2)7-8-17(10)13(9-18)15-12-5-3-11(14)4-6-12;/h3-9,13,15H,1-2H3;1H/q+1;/p-1. The van der Waals surface area contributed by atoms with Gasteiger partial charge in [-0.2, -0.15) is 0 Å². The first kappa shape index (κ1) is 15.7. The summed E-state index contributed by atoms with van der Waals surface area (Å²) >= 11 is 3.38. The molecule has 0 fully saturated rings.